The van der Waals surface area contributed by atoms with Crippen LogP contribution in [0.4, 0.5) is 13.2 Å². The number of rotatable bonds is 3. The summed E-state index contributed by atoms with van der Waals surface area (Å²) in [6.07, 6.45) is 2.18. The van der Waals surface area contributed by atoms with Crippen molar-refractivity contribution in [2.24, 2.45) is 5.92 Å². The maximum Gasteiger partial charge on any atom is 0.276 e. The molecule has 6 nitrogen and oxygen atoms in total. The number of piperidine rings is 1. The van der Waals surface area contributed by atoms with Gasteiger partial charge in [0.15, 0.2) is 22.1 Å². The van der Waals surface area contributed by atoms with Gasteiger partial charge in [-0.05, 0) is 29.9 Å². The number of aromatic nitrogens is 2. The van der Waals surface area contributed by atoms with Crippen molar-refractivity contribution >= 4 is 0 Å². The van der Waals surface area contributed by atoms with Crippen molar-refractivity contribution in [2.45, 2.75) is 25.5 Å². The van der Waals surface area contributed by atoms with Crippen molar-refractivity contribution in [3.8, 4) is 11.3 Å². The number of H-pyrrole nitrogens is 1. The van der Waals surface area contributed by atoms with Crippen molar-refractivity contribution in [1.29, 1.82) is 0 Å². The Bertz CT molecular complexity index is 828. The summed E-state index contributed by atoms with van der Waals surface area (Å²) in [6, 6.07) is 1.57. The van der Waals surface area contributed by atoms with Crippen LogP contribution in [0.1, 0.15) is 18.5 Å². The zero-order valence-electron chi connectivity index (χ0n) is 13.3. The largest absolute Gasteiger partial charge is 0.378 e. The Balaban J connectivity index is 1.61. The second-order valence-electron chi connectivity index (χ2n) is 6.51. The number of halogens is 3. The highest BCUT2D eigenvalue weighted by Gasteiger charge is 2.35. The van der Waals surface area contributed by atoms with Gasteiger partial charge in [0, 0.05) is 31.2 Å². The summed E-state index contributed by atoms with van der Waals surface area (Å²) in [5, 5.41) is 2.50. The lowest BCUT2D eigenvalue weighted by molar-refractivity contribution is -0.704. The molecule has 2 fully saturated rings. The van der Waals surface area contributed by atoms with Crippen LogP contribution in [0.15, 0.2) is 16.8 Å². The van der Waals surface area contributed by atoms with Gasteiger partial charge in [0.1, 0.15) is 0 Å². The van der Waals surface area contributed by atoms with Gasteiger partial charge in [0.25, 0.3) is 5.69 Å². The van der Waals surface area contributed by atoms with E-state index in [1.165, 1.54) is 0 Å². The minimum absolute atomic E-state index is 0.0532. The third kappa shape index (κ3) is 2.98. The first-order chi connectivity index (χ1) is 12.0. The van der Waals surface area contributed by atoms with Crippen LogP contribution >= 0.6 is 0 Å². The molecule has 2 aromatic rings. The summed E-state index contributed by atoms with van der Waals surface area (Å²) in [7, 11) is 0. The van der Waals surface area contributed by atoms with Gasteiger partial charge in [-0.15, -0.1) is 0 Å². The zero-order chi connectivity index (χ0) is 17.6. The minimum atomic E-state index is -1.57. The summed E-state index contributed by atoms with van der Waals surface area (Å²) in [6.45, 7) is 2.72. The van der Waals surface area contributed by atoms with E-state index in [1.807, 2.05) is 0 Å². The summed E-state index contributed by atoms with van der Waals surface area (Å²) in [5.41, 5.74) is 0.255. The average Bonchev–Trinajstić information content (AvgIpc) is 3.18. The van der Waals surface area contributed by atoms with Crippen LogP contribution in [0.25, 0.3) is 11.3 Å². The maximum atomic E-state index is 13.5. The van der Waals surface area contributed by atoms with E-state index in [0.29, 0.717) is 18.2 Å². The minimum Gasteiger partial charge on any atom is -0.378 e. The lowest BCUT2D eigenvalue weighted by Crippen LogP contribution is -2.41. The number of ether oxygens (including phenoxy) is 1. The Kier molecular flexibility index (Phi) is 4.12. The molecule has 2 saturated heterocycles. The monoisotopic (exact) mass is 356 g/mol. The smallest absolute Gasteiger partial charge is 0.276 e. The zero-order valence-corrected chi connectivity index (χ0v) is 13.3. The third-order valence-electron chi connectivity index (χ3n) is 4.93. The van der Waals surface area contributed by atoms with Gasteiger partial charge in [0.05, 0.1) is 12.6 Å². The van der Waals surface area contributed by atoms with E-state index in [-0.39, 0.29) is 22.0 Å². The lowest BCUT2D eigenvalue weighted by Gasteiger charge is -2.33. The number of nitrogens with zero attached hydrogens (tertiary/aromatic N) is 2. The van der Waals surface area contributed by atoms with E-state index in [1.54, 1.807) is 0 Å². The first-order valence-corrected chi connectivity index (χ1v) is 8.15. The summed E-state index contributed by atoms with van der Waals surface area (Å²) in [5.74, 6) is -3.83. The van der Waals surface area contributed by atoms with Gasteiger partial charge in [-0.25, -0.2) is 13.2 Å². The molecule has 1 aromatic carbocycles. The molecule has 0 bridgehead atoms. The molecule has 2 aliphatic heterocycles. The van der Waals surface area contributed by atoms with Gasteiger partial charge >= 0.3 is 0 Å². The number of nitrogens with one attached hydrogen (secondary N) is 1. The van der Waals surface area contributed by atoms with E-state index in [9.17, 15) is 18.1 Å². The van der Waals surface area contributed by atoms with Crippen molar-refractivity contribution in [3.63, 3.8) is 0 Å². The number of fused-ring (bicyclic) bond motifs is 1. The number of likely N-dealkylation sites (tertiary alicyclic amines) is 1. The molecule has 4 rings (SSSR count). The molecule has 0 saturated carbocycles. The quantitative estimate of drug-likeness (QED) is 0.857. The Labute approximate surface area is 140 Å². The van der Waals surface area contributed by atoms with Crippen molar-refractivity contribution < 1.29 is 27.1 Å². The molecule has 0 aliphatic carbocycles. The van der Waals surface area contributed by atoms with Crippen molar-refractivity contribution in [3.05, 3.63) is 40.2 Å². The summed E-state index contributed by atoms with van der Waals surface area (Å²) < 4.78 is 50.7. The number of hydrogen-bond acceptors (Lipinski definition) is 4. The molecule has 3 heterocycles. The predicted octanol–water partition coefficient (Wildman–Crippen LogP) is 2.22. The lowest BCUT2D eigenvalue weighted by atomic mass is 9.94. The normalized spacial score (nSPS) is 23.8. The summed E-state index contributed by atoms with van der Waals surface area (Å²) in [4.78, 5) is 14.0. The van der Waals surface area contributed by atoms with Crippen LogP contribution in [0.5, 0.6) is 0 Å². The fourth-order valence-electron chi connectivity index (χ4n) is 3.70. The van der Waals surface area contributed by atoms with Crippen LogP contribution in [0, 0.1) is 28.3 Å². The molecule has 134 valence electrons. The second-order valence-corrected chi connectivity index (χ2v) is 6.51. The summed E-state index contributed by atoms with van der Waals surface area (Å²) >= 11 is 0. The van der Waals surface area contributed by atoms with Crippen LogP contribution in [0.2, 0.25) is 0 Å². The number of aromatic amines is 1. The molecule has 0 spiro atoms. The highest BCUT2D eigenvalue weighted by Crippen LogP contribution is 2.30. The Hall–Kier alpha value is -2.13. The average molecular weight is 356 g/mol. The number of benzene rings is 1. The van der Waals surface area contributed by atoms with Gasteiger partial charge in [-0.3, -0.25) is 4.90 Å². The van der Waals surface area contributed by atoms with Gasteiger partial charge in [-0.1, -0.05) is 9.79 Å². The standard InChI is InChI=1S/C16H17F3N3O3/c17-11-5-10(6-12(18)15(11)19)16-13(20-25-22(16)23)8-21-3-1-14-9(7-21)2-4-24-14/h5-6,9,14,20H,1-4,7-8H2/q+1/t9-,14+/m1/s1. The third-order valence-corrected chi connectivity index (χ3v) is 4.93. The van der Waals surface area contributed by atoms with E-state index in [4.69, 9.17) is 9.37 Å². The van der Waals surface area contributed by atoms with Crippen LogP contribution in [-0.4, -0.2) is 35.9 Å². The molecule has 1 N–H and O–H groups in total. The predicted molar refractivity (Wildman–Crippen MR) is 79.5 cm³/mol. The topological polar surface area (TPSA) is 64.4 Å². The molecule has 0 unspecified atom stereocenters. The van der Waals surface area contributed by atoms with Crippen LogP contribution in [0.3, 0.4) is 0 Å². The van der Waals surface area contributed by atoms with Crippen molar-refractivity contribution in [1.82, 2.24) is 10.1 Å². The van der Waals surface area contributed by atoms with E-state index < -0.39 is 17.5 Å². The number of hydrogen-bond donors (Lipinski definition) is 1. The molecule has 2 aliphatic rings. The second kappa shape index (κ2) is 6.30. The molecule has 9 heteroatoms. The molecule has 2 atom stereocenters. The highest BCUT2D eigenvalue weighted by molar-refractivity contribution is 5.58. The molecular formula is C16H17F3N3O3+. The van der Waals surface area contributed by atoms with Gasteiger partial charge < -0.3 is 4.74 Å². The first kappa shape index (κ1) is 16.3. The SMILES string of the molecule is O=[n+]1o[nH]c(CN2CC[C@@H]3OCC[C@@H]3C2)c1-c1cc(F)c(F)c(F)c1. The molecule has 0 amide bonds. The van der Waals surface area contributed by atoms with Gasteiger partial charge in [-0.2, -0.15) is 0 Å². The highest BCUT2D eigenvalue weighted by atomic mass is 19.2. The molecular weight excluding hydrogens is 339 g/mol. The Morgan fingerprint density at radius 3 is 2.76 bits per heavy atom. The molecule has 25 heavy (non-hydrogen) atoms. The van der Waals surface area contributed by atoms with Crippen molar-refractivity contribution in [2.75, 3.05) is 19.7 Å². The first-order valence-electron chi connectivity index (χ1n) is 8.15. The van der Waals surface area contributed by atoms with Crippen LogP contribution < -0.4 is 4.60 Å². The Morgan fingerprint density at radius 2 is 2.00 bits per heavy atom. The van der Waals surface area contributed by atoms with Gasteiger partial charge in [0.2, 0.25) is 5.69 Å². The maximum absolute atomic E-state index is 13.5. The van der Waals surface area contributed by atoms with Crippen LogP contribution in [-0.2, 0) is 11.3 Å². The van der Waals surface area contributed by atoms with E-state index in [2.05, 4.69) is 10.1 Å². The van der Waals surface area contributed by atoms with E-state index >= 15 is 0 Å². The van der Waals surface area contributed by atoms with E-state index in [0.717, 1.165) is 44.7 Å². The molecule has 0 radical (unpaired) electrons. The Morgan fingerprint density at radius 1 is 1.24 bits per heavy atom. The fraction of sp³-hybridized carbons (Fsp3) is 0.500. The molecule has 1 aromatic heterocycles. The fourth-order valence-corrected chi connectivity index (χ4v) is 3.70.